The van der Waals surface area contributed by atoms with Crippen molar-refractivity contribution in [2.45, 2.75) is 39.3 Å². The topological polar surface area (TPSA) is 116 Å². The second-order valence-corrected chi connectivity index (χ2v) is 7.89. The van der Waals surface area contributed by atoms with Crippen LogP contribution in [0.15, 0.2) is 30.4 Å². The van der Waals surface area contributed by atoms with E-state index in [9.17, 15) is 9.59 Å². The van der Waals surface area contributed by atoms with Crippen LogP contribution in [0.4, 0.5) is 0 Å². The van der Waals surface area contributed by atoms with Gasteiger partial charge in [-0.15, -0.1) is 0 Å². The average molecular weight is 421 g/mol. The number of nitrogens with one attached hydrogen (secondary N) is 1. The van der Waals surface area contributed by atoms with Gasteiger partial charge in [0.05, 0.1) is 11.7 Å². The molecule has 1 aliphatic heterocycles. The molecule has 0 atom stereocenters. The Kier molecular flexibility index (Phi) is 9.17. The molecule has 1 fully saturated rings. The molecule has 1 aliphatic rings. The molecule has 1 aromatic heterocycles. The molecule has 0 unspecified atom stereocenters. The van der Waals surface area contributed by atoms with Crippen LogP contribution in [0, 0.1) is 5.92 Å². The third-order valence-corrected chi connectivity index (χ3v) is 5.08. The van der Waals surface area contributed by atoms with Crippen LogP contribution in [-0.2, 0) is 16.1 Å². The van der Waals surface area contributed by atoms with Crippen molar-refractivity contribution in [1.82, 2.24) is 19.0 Å². The molecule has 1 aromatic carbocycles. The van der Waals surface area contributed by atoms with Crippen molar-refractivity contribution < 1.29 is 19.8 Å². The van der Waals surface area contributed by atoms with Gasteiger partial charge in [0, 0.05) is 31.3 Å². The number of benzene rings is 1. The predicted molar refractivity (Wildman–Crippen MR) is 113 cm³/mol. The molecule has 0 saturated carbocycles. The summed E-state index contributed by atoms with van der Waals surface area (Å²) >= 11 is 1.32. The molecule has 3 N–H and O–H groups in total. The van der Waals surface area contributed by atoms with E-state index >= 15 is 0 Å². The van der Waals surface area contributed by atoms with E-state index in [1.165, 1.54) is 30.1 Å². The highest BCUT2D eigenvalue weighted by atomic mass is 32.1. The number of aliphatic carboxylic acids is 2. The fourth-order valence-electron chi connectivity index (χ4n) is 3.33. The number of hydrogen-bond acceptors (Lipinski definition) is 7. The van der Waals surface area contributed by atoms with Crippen LogP contribution in [0.2, 0.25) is 0 Å². The number of nitrogens with zero attached hydrogens (tertiary/aromatic N) is 3. The van der Waals surface area contributed by atoms with E-state index in [4.69, 9.17) is 10.2 Å². The van der Waals surface area contributed by atoms with Crippen molar-refractivity contribution in [3.63, 3.8) is 0 Å². The fraction of sp³-hybridized carbons (Fsp3) is 0.500. The van der Waals surface area contributed by atoms with Gasteiger partial charge in [0.1, 0.15) is 11.0 Å². The zero-order valence-corrected chi connectivity index (χ0v) is 17.6. The molecule has 9 heteroatoms. The number of rotatable bonds is 7. The van der Waals surface area contributed by atoms with E-state index < -0.39 is 11.9 Å². The molecule has 8 nitrogen and oxygen atoms in total. The lowest BCUT2D eigenvalue weighted by atomic mass is 10.0. The van der Waals surface area contributed by atoms with Crippen molar-refractivity contribution in [3.8, 4) is 0 Å². The van der Waals surface area contributed by atoms with Crippen LogP contribution in [0.5, 0.6) is 0 Å². The van der Waals surface area contributed by atoms with Crippen LogP contribution in [0.1, 0.15) is 32.3 Å². The molecule has 158 valence electrons. The lowest BCUT2D eigenvalue weighted by Gasteiger charge is -2.35. The number of carboxylic acid groups (broad SMARTS) is 2. The Morgan fingerprint density at radius 3 is 2.45 bits per heavy atom. The molecule has 0 bridgehead atoms. The second kappa shape index (κ2) is 11.6. The molecule has 0 radical (unpaired) electrons. The van der Waals surface area contributed by atoms with E-state index in [1.807, 2.05) is 0 Å². The van der Waals surface area contributed by atoms with Gasteiger partial charge < -0.3 is 15.5 Å². The minimum absolute atomic E-state index is 0.558. The SMILES string of the molecule is CC(C)CN(Cc1cccc2nsnc12)C1CCNCC1.O=C(O)/C=C/C(=O)O. The Labute approximate surface area is 174 Å². The largest absolute Gasteiger partial charge is 0.478 e. The van der Waals surface area contributed by atoms with Gasteiger partial charge in [0.2, 0.25) is 0 Å². The molecular weight excluding hydrogens is 392 g/mol. The highest BCUT2D eigenvalue weighted by Gasteiger charge is 2.22. The van der Waals surface area contributed by atoms with E-state index in [1.54, 1.807) is 0 Å². The molecule has 2 heterocycles. The Morgan fingerprint density at radius 2 is 1.86 bits per heavy atom. The number of carboxylic acids is 2. The smallest absolute Gasteiger partial charge is 0.328 e. The molecule has 1 saturated heterocycles. The average Bonchev–Trinajstić information content (AvgIpc) is 3.16. The van der Waals surface area contributed by atoms with Crippen LogP contribution >= 0.6 is 11.7 Å². The maximum absolute atomic E-state index is 9.55. The van der Waals surface area contributed by atoms with Crippen molar-refractivity contribution in [3.05, 3.63) is 35.9 Å². The van der Waals surface area contributed by atoms with Gasteiger partial charge in [0.25, 0.3) is 0 Å². The monoisotopic (exact) mass is 420 g/mol. The first-order chi connectivity index (χ1) is 13.9. The first-order valence-corrected chi connectivity index (χ1v) is 10.4. The fourth-order valence-corrected chi connectivity index (χ4v) is 3.90. The van der Waals surface area contributed by atoms with Crippen LogP contribution < -0.4 is 5.32 Å². The minimum atomic E-state index is -1.26. The third kappa shape index (κ3) is 7.88. The van der Waals surface area contributed by atoms with E-state index in [-0.39, 0.29) is 0 Å². The van der Waals surface area contributed by atoms with Gasteiger partial charge in [-0.05, 0) is 43.5 Å². The molecular formula is C20H28N4O4S. The van der Waals surface area contributed by atoms with Crippen molar-refractivity contribution >= 4 is 34.7 Å². The first kappa shape index (κ1) is 22.9. The van der Waals surface area contributed by atoms with Gasteiger partial charge in [-0.3, -0.25) is 4.90 Å². The van der Waals surface area contributed by atoms with Gasteiger partial charge in [-0.1, -0.05) is 26.0 Å². The number of carbonyl (C=O) groups is 2. The number of fused-ring (bicyclic) bond motifs is 1. The summed E-state index contributed by atoms with van der Waals surface area (Å²) in [7, 11) is 0. The molecule has 3 rings (SSSR count). The first-order valence-electron chi connectivity index (χ1n) is 9.65. The number of piperidine rings is 1. The number of aromatic nitrogens is 2. The Bertz CT molecular complexity index is 815. The predicted octanol–water partition coefficient (Wildman–Crippen LogP) is 2.61. The van der Waals surface area contributed by atoms with Crippen molar-refractivity contribution in [2.24, 2.45) is 5.92 Å². The molecule has 0 aliphatic carbocycles. The summed E-state index contributed by atoms with van der Waals surface area (Å²) in [4.78, 5) is 21.8. The van der Waals surface area contributed by atoms with Gasteiger partial charge in [-0.25, -0.2) is 9.59 Å². The standard InChI is InChI=1S/C16H24N4S.C4H4O4/c1-12(2)10-20(14-6-8-17-9-7-14)11-13-4-3-5-15-16(13)19-21-18-15;5-3(6)1-2-4(7)8/h3-5,12,14,17H,6-11H2,1-2H3;1-2H,(H,5,6)(H,7,8)/b;2-1+. The Morgan fingerprint density at radius 1 is 1.21 bits per heavy atom. The van der Waals surface area contributed by atoms with E-state index in [0.29, 0.717) is 24.1 Å². The Balaban J connectivity index is 0.000000321. The molecule has 29 heavy (non-hydrogen) atoms. The van der Waals surface area contributed by atoms with Gasteiger partial charge >= 0.3 is 11.9 Å². The molecule has 2 aromatic rings. The van der Waals surface area contributed by atoms with Crippen LogP contribution in [-0.4, -0.2) is 61.5 Å². The normalized spacial score (nSPS) is 15.0. The van der Waals surface area contributed by atoms with Crippen molar-refractivity contribution in [2.75, 3.05) is 19.6 Å². The zero-order chi connectivity index (χ0) is 21.2. The minimum Gasteiger partial charge on any atom is -0.478 e. The number of hydrogen-bond donors (Lipinski definition) is 3. The molecule has 0 amide bonds. The third-order valence-electron chi connectivity index (χ3n) is 4.54. The van der Waals surface area contributed by atoms with Crippen LogP contribution in [0.3, 0.4) is 0 Å². The lowest BCUT2D eigenvalue weighted by molar-refractivity contribution is -0.134. The molecule has 0 spiro atoms. The summed E-state index contributed by atoms with van der Waals surface area (Å²) in [5, 5.41) is 19.1. The Hall–Kier alpha value is -2.36. The lowest BCUT2D eigenvalue weighted by Crippen LogP contribution is -2.44. The summed E-state index contributed by atoms with van der Waals surface area (Å²) in [6.45, 7) is 9.03. The van der Waals surface area contributed by atoms with E-state index in [2.05, 4.69) is 51.0 Å². The maximum atomic E-state index is 9.55. The highest BCUT2D eigenvalue weighted by molar-refractivity contribution is 7.00. The highest BCUT2D eigenvalue weighted by Crippen LogP contribution is 2.22. The maximum Gasteiger partial charge on any atom is 0.328 e. The summed E-state index contributed by atoms with van der Waals surface area (Å²) in [5.74, 6) is -1.83. The summed E-state index contributed by atoms with van der Waals surface area (Å²) in [5.41, 5.74) is 3.44. The summed E-state index contributed by atoms with van der Waals surface area (Å²) < 4.78 is 8.85. The summed E-state index contributed by atoms with van der Waals surface area (Å²) in [6, 6.07) is 7.06. The van der Waals surface area contributed by atoms with Gasteiger partial charge in [0.15, 0.2) is 0 Å². The van der Waals surface area contributed by atoms with Crippen LogP contribution in [0.25, 0.3) is 11.0 Å². The quantitative estimate of drug-likeness (QED) is 0.586. The second-order valence-electron chi connectivity index (χ2n) is 7.36. The van der Waals surface area contributed by atoms with Gasteiger partial charge in [-0.2, -0.15) is 8.75 Å². The zero-order valence-electron chi connectivity index (χ0n) is 16.7. The van der Waals surface area contributed by atoms with Crippen molar-refractivity contribution in [1.29, 1.82) is 0 Å². The summed E-state index contributed by atoms with van der Waals surface area (Å²) in [6.07, 6.45) is 3.61. The van der Waals surface area contributed by atoms with E-state index in [0.717, 1.165) is 37.2 Å².